The summed E-state index contributed by atoms with van der Waals surface area (Å²) in [7, 11) is 0. The normalized spacial score (nSPS) is 9.58. The molecule has 2 aromatic heterocycles. The van der Waals surface area contributed by atoms with E-state index in [-0.39, 0.29) is 0 Å². The van der Waals surface area contributed by atoms with Gasteiger partial charge in [-0.3, -0.25) is 4.79 Å². The summed E-state index contributed by atoms with van der Waals surface area (Å²) in [5.74, 6) is -0.539. The first kappa shape index (κ1) is 19.6. The van der Waals surface area contributed by atoms with Crippen molar-refractivity contribution in [3.63, 3.8) is 0 Å². The Bertz CT molecular complexity index is 793. The first-order valence-corrected chi connectivity index (χ1v) is 8.34. The van der Waals surface area contributed by atoms with E-state index in [1.165, 1.54) is 0 Å². The zero-order valence-electron chi connectivity index (χ0n) is 15.0. The highest BCUT2D eigenvalue weighted by atomic mass is 19.1. The lowest BCUT2D eigenvalue weighted by Crippen LogP contribution is -2.02. The maximum atomic E-state index is 12.9. The number of rotatable bonds is 3. The van der Waals surface area contributed by atoms with Crippen LogP contribution in [0.1, 0.15) is 43.6 Å². The van der Waals surface area contributed by atoms with Crippen LogP contribution in [0.5, 0.6) is 0 Å². The van der Waals surface area contributed by atoms with Crippen molar-refractivity contribution in [1.82, 2.24) is 9.61 Å². The largest absolute Gasteiger partial charge is 0.291 e. The molecular formula is C20H25FN2O. The van der Waals surface area contributed by atoms with Crippen LogP contribution in [0.4, 0.5) is 4.39 Å². The molecule has 0 aliphatic heterocycles. The molecule has 0 unspecified atom stereocenters. The third-order valence-electron chi connectivity index (χ3n) is 3.23. The summed E-state index contributed by atoms with van der Waals surface area (Å²) < 4.78 is 14.5. The molecular weight excluding hydrogens is 303 g/mol. The Morgan fingerprint density at radius 1 is 1.08 bits per heavy atom. The predicted molar refractivity (Wildman–Crippen MR) is 98.4 cm³/mol. The van der Waals surface area contributed by atoms with Crippen LogP contribution in [-0.2, 0) is 0 Å². The second kappa shape index (κ2) is 9.60. The molecule has 3 rings (SSSR count). The molecule has 0 saturated heterocycles. The fourth-order valence-corrected chi connectivity index (χ4v) is 2.33. The van der Waals surface area contributed by atoms with Gasteiger partial charge in [-0.1, -0.05) is 57.5 Å². The van der Waals surface area contributed by atoms with Crippen LogP contribution in [0.2, 0.25) is 0 Å². The van der Waals surface area contributed by atoms with Crippen LogP contribution in [0.15, 0.2) is 48.7 Å². The molecule has 0 N–H and O–H groups in total. The summed E-state index contributed by atoms with van der Waals surface area (Å²) in [6.07, 6.45) is 1.75. The van der Waals surface area contributed by atoms with Crippen molar-refractivity contribution in [2.45, 2.75) is 34.6 Å². The highest BCUT2D eigenvalue weighted by Gasteiger charge is 2.20. The molecule has 0 saturated carbocycles. The number of carbonyl (C=O) groups is 1. The molecule has 3 nitrogen and oxygen atoms in total. The Kier molecular flexibility index (Phi) is 7.83. The molecule has 0 bridgehead atoms. The van der Waals surface area contributed by atoms with Crippen molar-refractivity contribution in [2.75, 3.05) is 6.67 Å². The van der Waals surface area contributed by atoms with Gasteiger partial charge in [0.25, 0.3) is 0 Å². The van der Waals surface area contributed by atoms with E-state index in [1.54, 1.807) is 16.8 Å². The van der Waals surface area contributed by atoms with Crippen molar-refractivity contribution in [1.29, 1.82) is 0 Å². The molecule has 0 aliphatic rings. The van der Waals surface area contributed by atoms with E-state index >= 15 is 0 Å². The molecule has 128 valence electrons. The van der Waals surface area contributed by atoms with Crippen LogP contribution in [0.25, 0.3) is 16.8 Å². The Hall–Kier alpha value is -2.49. The Labute approximate surface area is 143 Å². The molecule has 1 aromatic carbocycles. The van der Waals surface area contributed by atoms with Crippen molar-refractivity contribution in [3.8, 4) is 11.3 Å². The zero-order chi connectivity index (χ0) is 18.1. The summed E-state index contributed by atoms with van der Waals surface area (Å²) in [5.41, 5.74) is 3.40. The number of Topliss-reactive ketones (excluding diaryl/α,β-unsaturated/α-hetero) is 1. The lowest BCUT2D eigenvalue weighted by Gasteiger charge is -2.01. The second-order valence-corrected chi connectivity index (χ2v) is 4.68. The molecule has 2 heterocycles. The first-order chi connectivity index (χ1) is 11.7. The minimum Gasteiger partial charge on any atom is -0.291 e. The van der Waals surface area contributed by atoms with Gasteiger partial charge < -0.3 is 0 Å². The van der Waals surface area contributed by atoms with E-state index in [0.717, 1.165) is 11.1 Å². The van der Waals surface area contributed by atoms with Crippen LogP contribution >= 0.6 is 0 Å². The topological polar surface area (TPSA) is 34.4 Å². The van der Waals surface area contributed by atoms with E-state index in [4.69, 9.17) is 0 Å². The highest BCUT2D eigenvalue weighted by Crippen LogP contribution is 2.27. The average molecular weight is 328 g/mol. The average Bonchev–Trinajstić information content (AvgIpc) is 3.04. The smallest absolute Gasteiger partial charge is 0.198 e. The Morgan fingerprint density at radius 2 is 1.79 bits per heavy atom. The van der Waals surface area contributed by atoms with Gasteiger partial charge in [0.2, 0.25) is 0 Å². The number of hydrogen-bond acceptors (Lipinski definition) is 2. The van der Waals surface area contributed by atoms with Gasteiger partial charge in [0, 0.05) is 11.8 Å². The SMILES string of the molecule is CC.CC.Cc1cccc(-c2nn3ccccc3c2C(=O)CF)c1. The lowest BCUT2D eigenvalue weighted by atomic mass is 10.0. The summed E-state index contributed by atoms with van der Waals surface area (Å²) in [6, 6.07) is 13.1. The maximum Gasteiger partial charge on any atom is 0.198 e. The number of nitrogens with zero attached hydrogens (tertiary/aromatic N) is 2. The van der Waals surface area contributed by atoms with Gasteiger partial charge in [0.15, 0.2) is 12.5 Å². The first-order valence-electron chi connectivity index (χ1n) is 8.34. The van der Waals surface area contributed by atoms with Crippen LogP contribution < -0.4 is 0 Å². The molecule has 4 heteroatoms. The van der Waals surface area contributed by atoms with Crippen molar-refractivity contribution < 1.29 is 9.18 Å². The molecule has 0 amide bonds. The van der Waals surface area contributed by atoms with Crippen LogP contribution in [0.3, 0.4) is 0 Å². The number of hydrogen-bond donors (Lipinski definition) is 0. The quantitative estimate of drug-likeness (QED) is 0.594. The third kappa shape index (κ3) is 4.07. The zero-order valence-corrected chi connectivity index (χ0v) is 15.0. The van der Waals surface area contributed by atoms with Crippen molar-refractivity contribution >= 4 is 11.3 Å². The third-order valence-corrected chi connectivity index (χ3v) is 3.23. The number of alkyl halides is 1. The highest BCUT2D eigenvalue weighted by molar-refractivity contribution is 6.08. The van der Waals surface area contributed by atoms with Crippen molar-refractivity contribution in [3.05, 3.63) is 59.8 Å². The van der Waals surface area contributed by atoms with Crippen LogP contribution in [0, 0.1) is 6.92 Å². The number of pyridine rings is 1. The van der Waals surface area contributed by atoms with Crippen molar-refractivity contribution in [2.24, 2.45) is 0 Å². The minimum atomic E-state index is -1.02. The predicted octanol–water partition coefficient (Wildman–Crippen LogP) is 5.51. The molecule has 0 aliphatic carbocycles. The molecule has 24 heavy (non-hydrogen) atoms. The van der Waals surface area contributed by atoms with E-state index in [9.17, 15) is 9.18 Å². The van der Waals surface area contributed by atoms with E-state index < -0.39 is 12.5 Å². The van der Waals surface area contributed by atoms with Gasteiger partial charge in [-0.2, -0.15) is 5.10 Å². The molecule has 0 spiro atoms. The minimum absolute atomic E-state index is 0.346. The number of benzene rings is 1. The van der Waals surface area contributed by atoms with E-state index in [1.807, 2.05) is 71.0 Å². The monoisotopic (exact) mass is 328 g/mol. The number of aromatic nitrogens is 2. The number of carbonyl (C=O) groups excluding carboxylic acids is 1. The van der Waals surface area contributed by atoms with Gasteiger partial charge >= 0.3 is 0 Å². The summed E-state index contributed by atoms with van der Waals surface area (Å²) >= 11 is 0. The fraction of sp³-hybridized carbons (Fsp3) is 0.300. The summed E-state index contributed by atoms with van der Waals surface area (Å²) in [6.45, 7) is 8.95. The number of ketones is 1. The van der Waals surface area contributed by atoms with E-state index in [2.05, 4.69) is 5.10 Å². The molecule has 0 radical (unpaired) electrons. The van der Waals surface area contributed by atoms with Gasteiger partial charge in [-0.05, 0) is 25.1 Å². The Balaban J connectivity index is 0.000000671. The number of aryl methyl sites for hydroxylation is 1. The molecule has 3 aromatic rings. The van der Waals surface area contributed by atoms with E-state index in [0.29, 0.717) is 16.8 Å². The summed E-state index contributed by atoms with van der Waals surface area (Å²) in [5, 5.41) is 4.42. The Morgan fingerprint density at radius 3 is 2.42 bits per heavy atom. The second-order valence-electron chi connectivity index (χ2n) is 4.68. The standard InChI is InChI=1S/C16H13FN2O.2C2H6/c1-11-5-4-6-12(9-11)16-15(14(20)10-17)13-7-2-3-8-19(13)18-16;2*1-2/h2-9H,10H2,1H3;2*1-2H3. The maximum absolute atomic E-state index is 12.9. The fourth-order valence-electron chi connectivity index (χ4n) is 2.33. The van der Waals surface area contributed by atoms with Crippen LogP contribution in [-0.4, -0.2) is 22.1 Å². The van der Waals surface area contributed by atoms with Gasteiger partial charge in [-0.25, -0.2) is 8.91 Å². The molecule has 0 atom stereocenters. The van der Waals surface area contributed by atoms with Gasteiger partial charge in [0.05, 0.1) is 11.1 Å². The van der Waals surface area contributed by atoms with Gasteiger partial charge in [0.1, 0.15) is 5.69 Å². The lowest BCUT2D eigenvalue weighted by molar-refractivity contribution is 0.0961. The molecule has 0 fully saturated rings. The number of fused-ring (bicyclic) bond motifs is 1. The van der Waals surface area contributed by atoms with Gasteiger partial charge in [-0.15, -0.1) is 0 Å². The summed E-state index contributed by atoms with van der Waals surface area (Å²) in [4.78, 5) is 11.9. The number of halogens is 1.